The molecule has 1 unspecified atom stereocenters. The predicted octanol–water partition coefficient (Wildman–Crippen LogP) is 3.90. The topological polar surface area (TPSA) is 41.6 Å². The van der Waals surface area contributed by atoms with E-state index in [1.54, 1.807) is 11.0 Å². The molecule has 0 saturated heterocycles. The Labute approximate surface area is 136 Å². The molecule has 5 heteroatoms. The van der Waals surface area contributed by atoms with Gasteiger partial charge in [-0.15, -0.1) is 0 Å². The number of amides is 1. The number of ether oxygens (including phenoxy) is 1. The van der Waals surface area contributed by atoms with Crippen molar-refractivity contribution in [1.82, 2.24) is 4.90 Å². The highest BCUT2D eigenvalue weighted by Crippen LogP contribution is 2.38. The van der Waals surface area contributed by atoms with Crippen LogP contribution in [-0.2, 0) is 4.74 Å². The van der Waals surface area contributed by atoms with Crippen LogP contribution in [0.4, 0.5) is 14.9 Å². The van der Waals surface area contributed by atoms with Gasteiger partial charge in [0.1, 0.15) is 11.4 Å². The van der Waals surface area contributed by atoms with Crippen molar-refractivity contribution < 1.29 is 13.9 Å². The van der Waals surface area contributed by atoms with Crippen LogP contribution >= 0.6 is 0 Å². The van der Waals surface area contributed by atoms with Crippen LogP contribution in [-0.4, -0.2) is 36.2 Å². The van der Waals surface area contributed by atoms with E-state index in [1.807, 2.05) is 26.8 Å². The van der Waals surface area contributed by atoms with Crippen LogP contribution in [0.25, 0.3) is 0 Å². The number of nitrogens with one attached hydrogen (secondary N) is 1. The Morgan fingerprint density at radius 3 is 2.83 bits per heavy atom. The van der Waals surface area contributed by atoms with Gasteiger partial charge >= 0.3 is 6.09 Å². The lowest BCUT2D eigenvalue weighted by Gasteiger charge is -2.31. The van der Waals surface area contributed by atoms with Crippen molar-refractivity contribution >= 4 is 11.8 Å². The van der Waals surface area contributed by atoms with E-state index in [0.717, 1.165) is 24.2 Å². The fourth-order valence-electron chi connectivity index (χ4n) is 3.13. The van der Waals surface area contributed by atoms with Crippen molar-refractivity contribution in [2.45, 2.75) is 38.7 Å². The molecule has 2 aliphatic rings. The van der Waals surface area contributed by atoms with Crippen molar-refractivity contribution in [3.8, 4) is 0 Å². The first-order chi connectivity index (χ1) is 10.8. The lowest BCUT2D eigenvalue weighted by molar-refractivity contribution is 0.0265. The highest BCUT2D eigenvalue weighted by atomic mass is 19.1. The molecular weight excluding hydrogens is 295 g/mol. The zero-order chi connectivity index (χ0) is 16.6. The molecule has 0 radical (unpaired) electrons. The van der Waals surface area contributed by atoms with Crippen molar-refractivity contribution in [3.63, 3.8) is 0 Å². The van der Waals surface area contributed by atoms with E-state index >= 15 is 0 Å². The maximum Gasteiger partial charge on any atom is 0.410 e. The van der Waals surface area contributed by atoms with Crippen molar-refractivity contribution in [1.29, 1.82) is 0 Å². The molecule has 2 aliphatic heterocycles. The van der Waals surface area contributed by atoms with Crippen molar-refractivity contribution in [2.75, 3.05) is 25.0 Å². The molecule has 0 fully saturated rings. The molecule has 124 valence electrons. The molecule has 1 atom stereocenters. The van der Waals surface area contributed by atoms with Gasteiger partial charge in [-0.05, 0) is 44.9 Å². The molecule has 1 aromatic carbocycles. The molecule has 23 heavy (non-hydrogen) atoms. The second-order valence-corrected chi connectivity index (χ2v) is 7.12. The lowest BCUT2D eigenvalue weighted by atomic mass is 9.89. The first-order valence-corrected chi connectivity index (χ1v) is 8.04. The molecule has 2 heterocycles. The summed E-state index contributed by atoms with van der Waals surface area (Å²) in [6, 6.07) is 4.91. The number of nitrogens with zero attached hydrogens (tertiary/aromatic N) is 1. The lowest BCUT2D eigenvalue weighted by Crippen LogP contribution is -2.39. The SMILES string of the molecule is CC(C)(C)OC(=O)N1CC=C(C2CNc3cc(F)ccc32)CC1. The van der Waals surface area contributed by atoms with Crippen LogP contribution in [0, 0.1) is 5.82 Å². The maximum atomic E-state index is 13.3. The van der Waals surface area contributed by atoms with Gasteiger partial charge in [-0.2, -0.15) is 0 Å². The van der Waals surface area contributed by atoms with E-state index < -0.39 is 5.60 Å². The molecule has 0 aliphatic carbocycles. The summed E-state index contributed by atoms with van der Waals surface area (Å²) in [5.74, 6) is 0.0528. The molecule has 0 saturated carbocycles. The van der Waals surface area contributed by atoms with E-state index in [9.17, 15) is 9.18 Å². The van der Waals surface area contributed by atoms with Gasteiger partial charge in [0.15, 0.2) is 0 Å². The van der Waals surface area contributed by atoms with Crippen molar-refractivity contribution in [3.05, 3.63) is 41.2 Å². The minimum Gasteiger partial charge on any atom is -0.444 e. The van der Waals surface area contributed by atoms with Gasteiger partial charge in [-0.1, -0.05) is 17.7 Å². The van der Waals surface area contributed by atoms with Gasteiger partial charge in [0.05, 0.1) is 0 Å². The summed E-state index contributed by atoms with van der Waals surface area (Å²) < 4.78 is 18.7. The number of halogens is 1. The number of hydrogen-bond donors (Lipinski definition) is 1. The summed E-state index contributed by atoms with van der Waals surface area (Å²) in [4.78, 5) is 13.8. The molecule has 0 aromatic heterocycles. The van der Waals surface area contributed by atoms with Gasteiger partial charge < -0.3 is 15.0 Å². The number of carbonyl (C=O) groups excluding carboxylic acids is 1. The third kappa shape index (κ3) is 3.49. The van der Waals surface area contributed by atoms with Crippen LogP contribution in [0.1, 0.15) is 38.7 Å². The summed E-state index contributed by atoms with van der Waals surface area (Å²) in [7, 11) is 0. The molecule has 0 bridgehead atoms. The standard InChI is InChI=1S/C18H23FN2O2/c1-18(2,3)23-17(22)21-8-6-12(7-9-21)15-11-20-16-10-13(19)4-5-14(15)16/h4-6,10,15,20H,7-9,11H2,1-3H3. The summed E-state index contributed by atoms with van der Waals surface area (Å²) >= 11 is 0. The van der Waals surface area contributed by atoms with E-state index in [2.05, 4.69) is 11.4 Å². The number of fused-ring (bicyclic) bond motifs is 1. The molecule has 4 nitrogen and oxygen atoms in total. The molecular formula is C18H23FN2O2. The summed E-state index contributed by atoms with van der Waals surface area (Å²) in [5, 5.41) is 3.27. The van der Waals surface area contributed by atoms with E-state index in [0.29, 0.717) is 13.1 Å². The molecule has 1 N–H and O–H groups in total. The quantitative estimate of drug-likeness (QED) is 0.798. The Hall–Kier alpha value is -2.04. The van der Waals surface area contributed by atoms with Gasteiger partial charge in [0, 0.05) is 31.2 Å². The van der Waals surface area contributed by atoms with Crippen LogP contribution in [0.3, 0.4) is 0 Å². The second-order valence-electron chi connectivity index (χ2n) is 7.12. The average molecular weight is 318 g/mol. The second kappa shape index (κ2) is 5.87. The Morgan fingerprint density at radius 2 is 2.17 bits per heavy atom. The zero-order valence-corrected chi connectivity index (χ0v) is 13.9. The Balaban J connectivity index is 1.68. The highest BCUT2D eigenvalue weighted by molar-refractivity contribution is 5.69. The third-order valence-electron chi connectivity index (χ3n) is 4.23. The van der Waals surface area contributed by atoms with Gasteiger partial charge in [-0.3, -0.25) is 0 Å². The first-order valence-electron chi connectivity index (χ1n) is 8.04. The van der Waals surface area contributed by atoms with Crippen LogP contribution in [0.2, 0.25) is 0 Å². The summed E-state index contributed by atoms with van der Waals surface area (Å²) in [6.07, 6.45) is 2.67. The minimum atomic E-state index is -0.473. The Bertz CT molecular complexity index is 649. The monoisotopic (exact) mass is 318 g/mol. The van der Waals surface area contributed by atoms with Gasteiger partial charge in [-0.25, -0.2) is 9.18 Å². The molecule has 1 aromatic rings. The van der Waals surface area contributed by atoms with Gasteiger partial charge in [0.2, 0.25) is 0 Å². The maximum absolute atomic E-state index is 13.3. The fraction of sp³-hybridized carbons (Fsp3) is 0.500. The number of rotatable bonds is 1. The summed E-state index contributed by atoms with van der Waals surface area (Å²) in [6.45, 7) is 7.63. The fourth-order valence-corrected chi connectivity index (χ4v) is 3.13. The molecule has 3 rings (SSSR count). The highest BCUT2D eigenvalue weighted by Gasteiger charge is 2.29. The van der Waals surface area contributed by atoms with Crippen LogP contribution in [0.15, 0.2) is 29.8 Å². The number of anilines is 1. The third-order valence-corrected chi connectivity index (χ3v) is 4.23. The van der Waals surface area contributed by atoms with Crippen LogP contribution in [0.5, 0.6) is 0 Å². The average Bonchev–Trinajstić information content (AvgIpc) is 2.88. The minimum absolute atomic E-state index is 0.217. The molecule has 0 spiro atoms. The smallest absolute Gasteiger partial charge is 0.410 e. The number of hydrogen-bond acceptors (Lipinski definition) is 3. The largest absolute Gasteiger partial charge is 0.444 e. The normalized spacial score (nSPS) is 20.6. The Kier molecular flexibility index (Phi) is 4.04. The van der Waals surface area contributed by atoms with Crippen LogP contribution < -0.4 is 5.32 Å². The van der Waals surface area contributed by atoms with Gasteiger partial charge in [0.25, 0.3) is 0 Å². The van der Waals surface area contributed by atoms with Crippen molar-refractivity contribution in [2.24, 2.45) is 0 Å². The first kappa shape index (κ1) is 15.8. The molecule has 1 amide bonds. The predicted molar refractivity (Wildman–Crippen MR) is 88.1 cm³/mol. The Morgan fingerprint density at radius 1 is 1.39 bits per heavy atom. The number of benzene rings is 1. The zero-order valence-electron chi connectivity index (χ0n) is 13.9. The van der Waals surface area contributed by atoms with E-state index in [1.165, 1.54) is 11.6 Å². The summed E-state index contributed by atoms with van der Waals surface area (Å²) in [5.41, 5.74) is 2.86. The van der Waals surface area contributed by atoms with E-state index in [-0.39, 0.29) is 17.8 Å². The van der Waals surface area contributed by atoms with E-state index in [4.69, 9.17) is 4.74 Å². The number of carbonyl (C=O) groups is 1.